The first-order valence-corrected chi connectivity index (χ1v) is 8.82. The van der Waals surface area contributed by atoms with Crippen molar-refractivity contribution in [3.63, 3.8) is 0 Å². The zero-order valence-electron chi connectivity index (χ0n) is 12.7. The van der Waals surface area contributed by atoms with E-state index in [2.05, 4.69) is 15.6 Å². The number of benzene rings is 1. The van der Waals surface area contributed by atoms with Crippen molar-refractivity contribution in [2.75, 3.05) is 5.32 Å². The van der Waals surface area contributed by atoms with Gasteiger partial charge >= 0.3 is 0 Å². The summed E-state index contributed by atoms with van der Waals surface area (Å²) >= 11 is 13.0. The molecule has 5 nitrogen and oxygen atoms in total. The first kappa shape index (κ1) is 18.1. The van der Waals surface area contributed by atoms with Crippen LogP contribution in [0.15, 0.2) is 23.2 Å². The van der Waals surface area contributed by atoms with Crippen molar-refractivity contribution in [3.8, 4) is 0 Å². The molecular weight excluding hydrogens is 357 g/mol. The molecule has 1 aliphatic heterocycles. The van der Waals surface area contributed by atoms with Gasteiger partial charge in [-0.1, -0.05) is 41.9 Å². The summed E-state index contributed by atoms with van der Waals surface area (Å²) in [5.74, 6) is -0.456. The average molecular weight is 374 g/mol. The number of thioether (sulfide) groups is 1. The van der Waals surface area contributed by atoms with E-state index in [0.29, 0.717) is 20.9 Å². The Labute approximate surface area is 149 Å². The highest BCUT2D eigenvalue weighted by molar-refractivity contribution is 8.15. The highest BCUT2D eigenvalue weighted by Crippen LogP contribution is 2.26. The summed E-state index contributed by atoms with van der Waals surface area (Å²) in [6.07, 6.45) is 0.957. The largest absolute Gasteiger partial charge is 0.326 e. The monoisotopic (exact) mass is 373 g/mol. The van der Waals surface area contributed by atoms with Crippen LogP contribution in [0.5, 0.6) is 0 Å². The maximum atomic E-state index is 12.1. The van der Waals surface area contributed by atoms with Gasteiger partial charge in [-0.15, -0.1) is 0 Å². The summed E-state index contributed by atoms with van der Waals surface area (Å²) in [5, 5.41) is 6.31. The molecule has 2 atom stereocenters. The Morgan fingerprint density at radius 1 is 1.43 bits per heavy atom. The maximum absolute atomic E-state index is 12.1. The predicted octanol–water partition coefficient (Wildman–Crippen LogP) is 3.71. The number of rotatable bonds is 5. The Bertz CT molecular complexity index is 652. The molecule has 1 aliphatic rings. The van der Waals surface area contributed by atoms with Crippen LogP contribution in [0.2, 0.25) is 10.0 Å². The zero-order valence-corrected chi connectivity index (χ0v) is 15.1. The van der Waals surface area contributed by atoms with Crippen molar-refractivity contribution >= 4 is 57.6 Å². The summed E-state index contributed by atoms with van der Waals surface area (Å²) in [5.41, 5.74) is 0.543. The van der Waals surface area contributed by atoms with Crippen molar-refractivity contribution in [3.05, 3.63) is 28.2 Å². The van der Waals surface area contributed by atoms with E-state index in [9.17, 15) is 9.59 Å². The van der Waals surface area contributed by atoms with E-state index in [4.69, 9.17) is 23.2 Å². The van der Waals surface area contributed by atoms with Crippen LogP contribution >= 0.6 is 35.0 Å². The molecule has 2 N–H and O–H groups in total. The lowest BCUT2D eigenvalue weighted by Gasteiger charge is -2.08. The van der Waals surface area contributed by atoms with Gasteiger partial charge in [0.2, 0.25) is 11.8 Å². The number of nitrogens with one attached hydrogen (secondary N) is 2. The van der Waals surface area contributed by atoms with Gasteiger partial charge in [0, 0.05) is 18.2 Å². The van der Waals surface area contributed by atoms with Crippen LogP contribution in [0.1, 0.15) is 26.7 Å². The number of halogens is 2. The molecule has 1 aromatic rings. The molecule has 0 unspecified atom stereocenters. The van der Waals surface area contributed by atoms with Crippen LogP contribution in [-0.2, 0) is 9.59 Å². The minimum absolute atomic E-state index is 0.0657. The lowest BCUT2D eigenvalue weighted by atomic mass is 10.2. The van der Waals surface area contributed by atoms with E-state index >= 15 is 0 Å². The van der Waals surface area contributed by atoms with Gasteiger partial charge in [0.25, 0.3) is 0 Å². The van der Waals surface area contributed by atoms with Crippen molar-refractivity contribution in [1.82, 2.24) is 5.32 Å². The fourth-order valence-corrected chi connectivity index (χ4v) is 3.22. The second-order valence-electron chi connectivity index (χ2n) is 5.17. The molecular formula is C15H17Cl2N3O2S. The molecule has 1 heterocycles. The second-order valence-corrected chi connectivity index (χ2v) is 7.17. The molecule has 0 bridgehead atoms. The lowest BCUT2D eigenvalue weighted by molar-refractivity contribution is -0.122. The van der Waals surface area contributed by atoms with Crippen molar-refractivity contribution in [1.29, 1.82) is 0 Å². The zero-order chi connectivity index (χ0) is 17.0. The van der Waals surface area contributed by atoms with E-state index in [0.717, 1.165) is 6.42 Å². The normalized spacial score (nSPS) is 20.4. The molecule has 23 heavy (non-hydrogen) atoms. The van der Waals surface area contributed by atoms with Crippen LogP contribution in [0, 0.1) is 0 Å². The van der Waals surface area contributed by atoms with Crippen LogP contribution < -0.4 is 10.6 Å². The van der Waals surface area contributed by atoms with E-state index in [1.165, 1.54) is 11.8 Å². The Kier molecular flexibility index (Phi) is 6.33. The number of amidine groups is 1. The number of hydrogen-bond donors (Lipinski definition) is 2. The van der Waals surface area contributed by atoms with Gasteiger partial charge in [0.15, 0.2) is 5.17 Å². The molecule has 0 saturated carbocycles. The topological polar surface area (TPSA) is 70.6 Å². The number of carbonyl (C=O) groups excluding carboxylic acids is 2. The first-order chi connectivity index (χ1) is 10.9. The average Bonchev–Trinajstić information content (AvgIpc) is 2.82. The molecule has 8 heteroatoms. The van der Waals surface area contributed by atoms with Gasteiger partial charge in [0.1, 0.15) is 5.25 Å². The molecule has 0 aromatic heterocycles. The number of hydrogen-bond acceptors (Lipinski definition) is 4. The lowest BCUT2D eigenvalue weighted by Crippen LogP contribution is -2.28. The Hall–Kier alpha value is -1.24. The van der Waals surface area contributed by atoms with E-state index in [1.54, 1.807) is 18.2 Å². The number of aliphatic imine (C=N–C) groups is 1. The van der Waals surface area contributed by atoms with Crippen molar-refractivity contribution in [2.24, 2.45) is 4.99 Å². The highest BCUT2D eigenvalue weighted by atomic mass is 35.5. The third kappa shape index (κ3) is 5.12. The molecule has 124 valence electrons. The molecule has 0 spiro atoms. The van der Waals surface area contributed by atoms with E-state index in [1.807, 2.05) is 13.8 Å². The third-order valence-electron chi connectivity index (χ3n) is 3.28. The smallest absolute Gasteiger partial charge is 0.240 e. The molecule has 0 radical (unpaired) electrons. The van der Waals surface area contributed by atoms with Crippen LogP contribution in [0.3, 0.4) is 0 Å². The maximum Gasteiger partial charge on any atom is 0.240 e. The quantitative estimate of drug-likeness (QED) is 0.826. The van der Waals surface area contributed by atoms with Gasteiger partial charge in [-0.25, -0.2) is 0 Å². The summed E-state index contributed by atoms with van der Waals surface area (Å²) < 4.78 is 0. The van der Waals surface area contributed by atoms with Gasteiger partial charge in [-0.3, -0.25) is 14.6 Å². The summed E-state index contributed by atoms with van der Waals surface area (Å²) in [6.45, 7) is 4.00. The van der Waals surface area contributed by atoms with Crippen LogP contribution in [0.4, 0.5) is 5.69 Å². The minimum atomic E-state index is -0.472. The van der Waals surface area contributed by atoms with Gasteiger partial charge in [0.05, 0.1) is 10.0 Å². The van der Waals surface area contributed by atoms with E-state index < -0.39 is 5.25 Å². The summed E-state index contributed by atoms with van der Waals surface area (Å²) in [4.78, 5) is 28.4. The molecule has 0 aliphatic carbocycles. The van der Waals surface area contributed by atoms with Gasteiger partial charge in [-0.05, 0) is 31.5 Å². The summed E-state index contributed by atoms with van der Waals surface area (Å²) in [7, 11) is 0. The van der Waals surface area contributed by atoms with Crippen molar-refractivity contribution in [2.45, 2.75) is 38.0 Å². The van der Waals surface area contributed by atoms with E-state index in [-0.39, 0.29) is 24.3 Å². The number of carbonyl (C=O) groups is 2. The SMILES string of the molecule is CC[C@H](C)N=C1NC(=O)[C@H](CC(=O)Nc2ccc(Cl)c(Cl)c2)S1. The van der Waals surface area contributed by atoms with Crippen molar-refractivity contribution < 1.29 is 9.59 Å². The minimum Gasteiger partial charge on any atom is -0.326 e. The van der Waals surface area contributed by atoms with Crippen LogP contribution in [-0.4, -0.2) is 28.3 Å². The van der Waals surface area contributed by atoms with Gasteiger partial charge in [-0.2, -0.15) is 0 Å². The Balaban J connectivity index is 1.94. The molecule has 1 fully saturated rings. The number of anilines is 1. The van der Waals surface area contributed by atoms with Crippen LogP contribution in [0.25, 0.3) is 0 Å². The summed E-state index contributed by atoms with van der Waals surface area (Å²) in [6, 6.07) is 4.97. The number of nitrogens with zero attached hydrogens (tertiary/aromatic N) is 1. The third-order valence-corrected chi connectivity index (χ3v) is 5.11. The van der Waals surface area contributed by atoms with Gasteiger partial charge < -0.3 is 10.6 Å². The predicted molar refractivity (Wildman–Crippen MR) is 96.4 cm³/mol. The second kappa shape index (κ2) is 8.04. The fourth-order valence-electron chi connectivity index (χ4n) is 1.85. The first-order valence-electron chi connectivity index (χ1n) is 7.19. The Morgan fingerprint density at radius 2 is 2.17 bits per heavy atom. The number of amides is 2. The highest BCUT2D eigenvalue weighted by Gasteiger charge is 2.32. The molecule has 2 amide bonds. The fraction of sp³-hybridized carbons (Fsp3) is 0.400. The Morgan fingerprint density at radius 3 is 2.83 bits per heavy atom. The standard InChI is InChI=1S/C15H17Cl2N3O2S/c1-3-8(2)18-15-20-14(22)12(23-15)7-13(21)19-9-4-5-10(16)11(17)6-9/h4-6,8,12H,3,7H2,1-2H3,(H,19,21)(H,18,20,22)/t8-,12-/m0/s1. The molecule has 1 saturated heterocycles. The molecule has 1 aromatic carbocycles. The molecule has 2 rings (SSSR count).